The molecule has 0 saturated heterocycles. The lowest BCUT2D eigenvalue weighted by Gasteiger charge is -2.29. The highest BCUT2D eigenvalue weighted by molar-refractivity contribution is 6.31. The van der Waals surface area contributed by atoms with Crippen LogP contribution in [0.2, 0.25) is 5.02 Å². The largest absolute Gasteiger partial charge is 0.447 e. The van der Waals surface area contributed by atoms with Crippen molar-refractivity contribution in [1.82, 2.24) is 10.1 Å². The number of rotatable bonds is 11. The molecule has 2 amide bonds. The maximum atomic E-state index is 13.7. The van der Waals surface area contributed by atoms with Gasteiger partial charge in [0, 0.05) is 25.1 Å². The van der Waals surface area contributed by atoms with E-state index in [-0.39, 0.29) is 48.4 Å². The van der Waals surface area contributed by atoms with Gasteiger partial charge in [-0.3, -0.25) is 10.1 Å². The summed E-state index contributed by atoms with van der Waals surface area (Å²) in [6, 6.07) is 10.6. The maximum absolute atomic E-state index is 13.7. The van der Waals surface area contributed by atoms with Crippen molar-refractivity contribution in [1.29, 1.82) is 0 Å². The smallest absolute Gasteiger partial charge is 0.412 e. The molecule has 0 bridgehead atoms. The zero-order valence-electron chi connectivity index (χ0n) is 19.9. The number of benzene rings is 2. The Kier molecular flexibility index (Phi) is 9.95. The average molecular weight is 538 g/mol. The number of carbonyl (C=O) groups is 2. The summed E-state index contributed by atoms with van der Waals surface area (Å²) in [6.07, 6.45) is -1.97. The molecule has 37 heavy (non-hydrogen) atoms. The number of nitrogens with zero attached hydrogens (tertiary/aromatic N) is 2. The first-order chi connectivity index (χ1) is 17.7. The van der Waals surface area contributed by atoms with Gasteiger partial charge in [-0.25, -0.2) is 13.6 Å². The van der Waals surface area contributed by atoms with E-state index < -0.39 is 36.5 Å². The summed E-state index contributed by atoms with van der Waals surface area (Å²) in [5, 5.41) is 25.2. The number of carbonyl (C=O) groups excluding carboxylic acids is 2. The van der Waals surface area contributed by atoms with Crippen LogP contribution in [0, 0.1) is 11.6 Å². The third-order valence-corrected chi connectivity index (χ3v) is 6.02. The number of anilines is 1. The molecular formula is C25H26ClF2N3O6. The molecule has 9 nitrogen and oxygen atoms in total. The number of likely N-dealkylation sites (N-methyl/N-ethyl adjacent to an activating group) is 1. The Morgan fingerprint density at radius 3 is 2.70 bits per heavy atom. The van der Waals surface area contributed by atoms with Crippen LogP contribution in [0.3, 0.4) is 0 Å². The molecule has 2 atom stereocenters. The Hall–Kier alpha value is -3.54. The molecule has 3 rings (SSSR count). The molecule has 198 valence electrons. The molecular weight excluding hydrogens is 512 g/mol. The SMILES string of the molecule is CN(C(=O)CCc1cccc(F)c1Cl)[C@H](COC(=O)Nc1cc(-c2cccc(F)c2)on1)C[C@@H](O)CO. The van der Waals surface area contributed by atoms with Crippen LogP contribution in [0.5, 0.6) is 0 Å². The third-order valence-electron chi connectivity index (χ3n) is 5.59. The summed E-state index contributed by atoms with van der Waals surface area (Å²) < 4.78 is 37.4. The van der Waals surface area contributed by atoms with Crippen LogP contribution in [0.25, 0.3) is 11.3 Å². The minimum Gasteiger partial charge on any atom is -0.447 e. The number of hydrogen-bond acceptors (Lipinski definition) is 7. The van der Waals surface area contributed by atoms with Crippen molar-refractivity contribution in [2.24, 2.45) is 0 Å². The number of aliphatic hydroxyl groups excluding tert-OH is 2. The second kappa shape index (κ2) is 13.1. The predicted molar refractivity (Wildman–Crippen MR) is 131 cm³/mol. The van der Waals surface area contributed by atoms with Gasteiger partial charge in [0.25, 0.3) is 0 Å². The molecule has 0 aliphatic carbocycles. The number of nitrogens with one attached hydrogen (secondary N) is 1. The summed E-state index contributed by atoms with van der Waals surface area (Å²) >= 11 is 5.95. The van der Waals surface area contributed by atoms with Gasteiger partial charge in [-0.2, -0.15) is 0 Å². The molecule has 0 aliphatic heterocycles. The van der Waals surface area contributed by atoms with Crippen molar-refractivity contribution in [2.75, 3.05) is 25.6 Å². The van der Waals surface area contributed by atoms with Gasteiger partial charge < -0.3 is 24.4 Å². The van der Waals surface area contributed by atoms with Gasteiger partial charge in [-0.1, -0.05) is 41.0 Å². The summed E-state index contributed by atoms with van der Waals surface area (Å²) in [5.41, 5.74) is 0.892. The number of halogens is 3. The molecule has 1 heterocycles. The number of ether oxygens (including phenoxy) is 1. The molecule has 3 aromatic rings. The average Bonchev–Trinajstić information content (AvgIpc) is 3.35. The van der Waals surface area contributed by atoms with E-state index in [9.17, 15) is 28.6 Å². The molecule has 0 saturated carbocycles. The molecule has 3 N–H and O–H groups in total. The Morgan fingerprint density at radius 2 is 1.97 bits per heavy atom. The maximum Gasteiger partial charge on any atom is 0.412 e. The monoisotopic (exact) mass is 537 g/mol. The fraction of sp³-hybridized carbons (Fsp3) is 0.320. The van der Waals surface area contributed by atoms with E-state index >= 15 is 0 Å². The predicted octanol–water partition coefficient (Wildman–Crippen LogP) is 4.02. The molecule has 0 unspecified atom stereocenters. The zero-order chi connectivity index (χ0) is 26.9. The summed E-state index contributed by atoms with van der Waals surface area (Å²) in [5.74, 6) is -1.17. The first kappa shape index (κ1) is 28.0. The lowest BCUT2D eigenvalue weighted by atomic mass is 10.1. The molecule has 0 spiro atoms. The fourth-order valence-corrected chi connectivity index (χ4v) is 3.73. The summed E-state index contributed by atoms with van der Waals surface area (Å²) in [4.78, 5) is 26.4. The van der Waals surface area contributed by atoms with Crippen LogP contribution in [-0.2, 0) is 16.0 Å². The third kappa shape index (κ3) is 7.97. The minimum atomic E-state index is -1.16. The highest BCUT2D eigenvalue weighted by Gasteiger charge is 2.25. The van der Waals surface area contributed by atoms with Crippen molar-refractivity contribution in [2.45, 2.75) is 31.4 Å². The van der Waals surface area contributed by atoms with Crippen LogP contribution >= 0.6 is 11.6 Å². The second-order valence-corrected chi connectivity index (χ2v) is 8.63. The topological polar surface area (TPSA) is 125 Å². The van der Waals surface area contributed by atoms with E-state index in [1.54, 1.807) is 12.1 Å². The van der Waals surface area contributed by atoms with Crippen LogP contribution in [0.1, 0.15) is 18.4 Å². The van der Waals surface area contributed by atoms with E-state index in [2.05, 4.69) is 10.5 Å². The highest BCUT2D eigenvalue weighted by Crippen LogP contribution is 2.24. The molecule has 2 aromatic carbocycles. The highest BCUT2D eigenvalue weighted by atomic mass is 35.5. The zero-order valence-corrected chi connectivity index (χ0v) is 20.6. The van der Waals surface area contributed by atoms with Gasteiger partial charge in [-0.15, -0.1) is 0 Å². The fourth-order valence-electron chi connectivity index (χ4n) is 3.51. The van der Waals surface area contributed by atoms with E-state index in [0.29, 0.717) is 11.1 Å². The van der Waals surface area contributed by atoms with E-state index in [1.807, 2.05) is 0 Å². The van der Waals surface area contributed by atoms with Crippen molar-refractivity contribution in [3.63, 3.8) is 0 Å². The number of hydrogen-bond donors (Lipinski definition) is 3. The van der Waals surface area contributed by atoms with Crippen LogP contribution in [0.4, 0.5) is 19.4 Å². The van der Waals surface area contributed by atoms with E-state index in [4.69, 9.17) is 20.9 Å². The van der Waals surface area contributed by atoms with E-state index in [1.165, 1.54) is 48.3 Å². The Labute approximate surface area is 216 Å². The van der Waals surface area contributed by atoms with Crippen molar-refractivity contribution >= 4 is 29.4 Å². The van der Waals surface area contributed by atoms with Gasteiger partial charge in [0.05, 0.1) is 23.8 Å². The molecule has 0 radical (unpaired) electrons. The molecule has 0 fully saturated rings. The summed E-state index contributed by atoms with van der Waals surface area (Å²) in [7, 11) is 1.47. The van der Waals surface area contributed by atoms with Crippen LogP contribution < -0.4 is 5.32 Å². The first-order valence-electron chi connectivity index (χ1n) is 11.3. The quantitative estimate of drug-likeness (QED) is 0.337. The van der Waals surface area contributed by atoms with Crippen molar-refractivity contribution in [3.8, 4) is 11.3 Å². The Balaban J connectivity index is 1.58. The van der Waals surface area contributed by atoms with Gasteiger partial charge in [0.15, 0.2) is 11.6 Å². The van der Waals surface area contributed by atoms with Crippen molar-refractivity contribution in [3.05, 3.63) is 70.8 Å². The normalized spacial score (nSPS) is 12.6. The minimum absolute atomic E-state index is 0.0145. The van der Waals surface area contributed by atoms with Gasteiger partial charge in [0.1, 0.15) is 18.2 Å². The lowest BCUT2D eigenvalue weighted by molar-refractivity contribution is -0.133. The van der Waals surface area contributed by atoms with E-state index in [0.717, 1.165) is 0 Å². The number of aliphatic hydroxyl groups is 2. The molecule has 1 aromatic heterocycles. The molecule has 0 aliphatic rings. The van der Waals surface area contributed by atoms with Crippen LogP contribution in [0.15, 0.2) is 53.1 Å². The van der Waals surface area contributed by atoms with Crippen molar-refractivity contribution < 1.29 is 37.8 Å². The first-order valence-corrected chi connectivity index (χ1v) is 11.7. The summed E-state index contributed by atoms with van der Waals surface area (Å²) in [6.45, 7) is -0.855. The lowest BCUT2D eigenvalue weighted by Crippen LogP contribution is -2.43. The number of aryl methyl sites for hydroxylation is 1. The Bertz CT molecular complexity index is 1220. The number of amides is 2. The van der Waals surface area contributed by atoms with Gasteiger partial charge in [-0.05, 0) is 36.6 Å². The molecule has 12 heteroatoms. The second-order valence-electron chi connectivity index (χ2n) is 8.25. The Morgan fingerprint density at radius 1 is 1.22 bits per heavy atom. The van der Waals surface area contributed by atoms with Crippen LogP contribution in [-0.4, -0.2) is 64.7 Å². The standard InChI is InChI=1S/C25H26ClF2N3O6/c1-31(23(34)9-8-15-4-3-7-20(28)24(15)26)18(11-19(33)13-32)14-36-25(35)29-22-12-21(37-30-22)16-5-2-6-17(27)10-16/h2-7,10,12,18-19,32-33H,8-9,11,13-14H2,1H3,(H,29,30,35)/t18-,19+/m0/s1. The van der Waals surface area contributed by atoms with Gasteiger partial charge in [0.2, 0.25) is 5.91 Å². The van der Waals surface area contributed by atoms with Gasteiger partial charge >= 0.3 is 6.09 Å². The number of aromatic nitrogens is 1.